The van der Waals surface area contributed by atoms with Gasteiger partial charge in [0.25, 0.3) is 0 Å². The Morgan fingerprint density at radius 2 is 1.87 bits per heavy atom. The predicted octanol–water partition coefficient (Wildman–Crippen LogP) is 3.52. The van der Waals surface area contributed by atoms with Gasteiger partial charge in [0.2, 0.25) is 15.9 Å². The number of nitrogens with zero attached hydrogens (tertiary/aromatic N) is 1. The molecule has 0 unspecified atom stereocenters. The van der Waals surface area contributed by atoms with E-state index in [1.54, 1.807) is 24.4 Å². The summed E-state index contributed by atoms with van der Waals surface area (Å²) in [5.74, 6) is 1.42. The van der Waals surface area contributed by atoms with E-state index < -0.39 is 10.0 Å². The molecule has 0 saturated heterocycles. The first-order valence-electron chi connectivity index (χ1n) is 7.35. The van der Waals surface area contributed by atoms with Crippen LogP contribution in [0.3, 0.4) is 0 Å². The second-order valence-corrected chi connectivity index (χ2v) is 8.38. The summed E-state index contributed by atoms with van der Waals surface area (Å²) in [6.45, 7) is 8.14. The Balaban J connectivity index is 2.12. The highest BCUT2D eigenvalue weighted by Crippen LogP contribution is 2.27. The van der Waals surface area contributed by atoms with E-state index in [0.717, 1.165) is 17.7 Å². The van der Waals surface area contributed by atoms with Crippen molar-refractivity contribution in [2.45, 2.75) is 39.2 Å². The predicted molar refractivity (Wildman–Crippen MR) is 92.1 cm³/mol. The minimum atomic E-state index is -3.30. The maximum atomic E-state index is 11.3. The molecule has 6 nitrogen and oxygen atoms in total. The minimum absolute atomic E-state index is 0.0930. The Labute approximate surface area is 137 Å². The molecule has 2 aromatic rings. The zero-order valence-electron chi connectivity index (χ0n) is 14.0. The van der Waals surface area contributed by atoms with Gasteiger partial charge in [-0.05, 0) is 25.1 Å². The first-order chi connectivity index (χ1) is 10.5. The van der Waals surface area contributed by atoms with Crippen LogP contribution in [0.15, 0.2) is 34.9 Å². The first-order valence-corrected chi connectivity index (χ1v) is 9.24. The fourth-order valence-electron chi connectivity index (χ4n) is 2.03. The van der Waals surface area contributed by atoms with Crippen LogP contribution < -0.4 is 10.0 Å². The fraction of sp³-hybridized carbons (Fsp3) is 0.438. The van der Waals surface area contributed by atoms with E-state index in [2.05, 4.69) is 35.8 Å². The molecule has 7 heteroatoms. The number of anilines is 2. The molecular weight excluding hydrogens is 314 g/mol. The maximum Gasteiger partial charge on any atom is 0.229 e. The number of sulfonamides is 1. The minimum Gasteiger partial charge on any atom is -0.443 e. The lowest BCUT2D eigenvalue weighted by atomic mass is 9.94. The SMILES string of the molecule is C[C@@H](Nc1cccc(NS(C)(=O)=O)c1)c1ncc(C(C)(C)C)o1. The Morgan fingerprint density at radius 1 is 1.22 bits per heavy atom. The summed E-state index contributed by atoms with van der Waals surface area (Å²) in [5, 5.41) is 3.26. The summed E-state index contributed by atoms with van der Waals surface area (Å²) in [5.41, 5.74) is 1.19. The van der Waals surface area contributed by atoms with E-state index >= 15 is 0 Å². The van der Waals surface area contributed by atoms with Gasteiger partial charge in [0.15, 0.2) is 0 Å². The summed E-state index contributed by atoms with van der Waals surface area (Å²) in [4.78, 5) is 4.32. The van der Waals surface area contributed by atoms with E-state index in [0.29, 0.717) is 11.6 Å². The zero-order chi connectivity index (χ0) is 17.3. The molecule has 0 amide bonds. The highest BCUT2D eigenvalue weighted by molar-refractivity contribution is 7.92. The highest BCUT2D eigenvalue weighted by Gasteiger charge is 2.21. The number of aromatic nitrogens is 1. The zero-order valence-corrected chi connectivity index (χ0v) is 14.9. The van der Waals surface area contributed by atoms with Gasteiger partial charge in [-0.3, -0.25) is 4.72 Å². The third-order valence-electron chi connectivity index (χ3n) is 3.18. The summed E-state index contributed by atoms with van der Waals surface area (Å²) >= 11 is 0. The third kappa shape index (κ3) is 4.99. The number of oxazole rings is 1. The van der Waals surface area contributed by atoms with Crippen molar-refractivity contribution in [3.63, 3.8) is 0 Å². The number of nitrogens with one attached hydrogen (secondary N) is 2. The van der Waals surface area contributed by atoms with Crippen LogP contribution in [0, 0.1) is 0 Å². The lowest BCUT2D eigenvalue weighted by Gasteiger charge is -2.15. The monoisotopic (exact) mass is 337 g/mol. The topological polar surface area (TPSA) is 84.2 Å². The van der Waals surface area contributed by atoms with Crippen molar-refractivity contribution in [1.82, 2.24) is 4.98 Å². The number of benzene rings is 1. The molecule has 0 aliphatic rings. The van der Waals surface area contributed by atoms with Crippen molar-refractivity contribution in [3.8, 4) is 0 Å². The van der Waals surface area contributed by atoms with Gasteiger partial charge in [0.1, 0.15) is 11.8 Å². The summed E-state index contributed by atoms with van der Waals surface area (Å²) in [6, 6.07) is 6.92. The van der Waals surface area contributed by atoms with Crippen LogP contribution >= 0.6 is 0 Å². The summed E-state index contributed by atoms with van der Waals surface area (Å²) < 4.78 is 30.9. The molecule has 23 heavy (non-hydrogen) atoms. The summed E-state index contributed by atoms with van der Waals surface area (Å²) in [6.07, 6.45) is 2.87. The molecule has 1 atom stereocenters. The molecule has 0 spiro atoms. The molecule has 0 saturated carbocycles. The molecule has 1 aromatic carbocycles. The molecule has 1 heterocycles. The van der Waals surface area contributed by atoms with Crippen molar-refractivity contribution < 1.29 is 12.8 Å². The molecule has 0 aliphatic heterocycles. The van der Waals surface area contributed by atoms with E-state index in [1.165, 1.54) is 0 Å². The molecule has 0 radical (unpaired) electrons. The Kier molecular flexibility index (Phi) is 4.70. The highest BCUT2D eigenvalue weighted by atomic mass is 32.2. The Hall–Kier alpha value is -2.02. The van der Waals surface area contributed by atoms with Crippen LogP contribution in [0.25, 0.3) is 0 Å². The molecule has 0 bridgehead atoms. The van der Waals surface area contributed by atoms with Crippen LogP contribution in [0.2, 0.25) is 0 Å². The Bertz CT molecular complexity index is 776. The standard InChI is InChI=1S/C16H23N3O3S/c1-11(15-17-10-14(22-15)16(2,3)4)18-12-7-6-8-13(9-12)19-23(5,20)21/h6-11,18-19H,1-5H3/t11-/m1/s1. The quantitative estimate of drug-likeness (QED) is 0.872. The van der Waals surface area contributed by atoms with Crippen molar-refractivity contribution in [1.29, 1.82) is 0 Å². The number of hydrogen-bond donors (Lipinski definition) is 2. The van der Waals surface area contributed by atoms with E-state index in [4.69, 9.17) is 4.42 Å². The molecule has 0 fully saturated rings. The van der Waals surface area contributed by atoms with Gasteiger partial charge in [-0.15, -0.1) is 0 Å². The maximum absolute atomic E-state index is 11.3. The molecule has 0 aliphatic carbocycles. The van der Waals surface area contributed by atoms with Crippen molar-refractivity contribution in [3.05, 3.63) is 42.1 Å². The van der Waals surface area contributed by atoms with Gasteiger partial charge in [0.05, 0.1) is 18.1 Å². The van der Waals surface area contributed by atoms with Gasteiger partial charge in [-0.25, -0.2) is 13.4 Å². The molecule has 2 N–H and O–H groups in total. The molecule has 126 valence electrons. The lowest BCUT2D eigenvalue weighted by Crippen LogP contribution is -2.11. The normalized spacial score (nSPS) is 13.6. The van der Waals surface area contributed by atoms with Gasteiger partial charge in [-0.1, -0.05) is 26.8 Å². The number of rotatable bonds is 5. The van der Waals surface area contributed by atoms with Crippen molar-refractivity contribution in [2.75, 3.05) is 16.3 Å². The van der Waals surface area contributed by atoms with Crippen molar-refractivity contribution in [2.24, 2.45) is 0 Å². The van der Waals surface area contributed by atoms with Crippen molar-refractivity contribution >= 4 is 21.4 Å². The van der Waals surface area contributed by atoms with Gasteiger partial charge >= 0.3 is 0 Å². The second kappa shape index (κ2) is 6.23. The van der Waals surface area contributed by atoms with Gasteiger partial charge in [-0.2, -0.15) is 0 Å². The van der Waals surface area contributed by atoms with E-state index in [9.17, 15) is 8.42 Å². The second-order valence-electron chi connectivity index (χ2n) is 6.63. The van der Waals surface area contributed by atoms with Crippen LogP contribution in [0.5, 0.6) is 0 Å². The summed E-state index contributed by atoms with van der Waals surface area (Å²) in [7, 11) is -3.30. The van der Waals surface area contributed by atoms with Crippen LogP contribution in [-0.2, 0) is 15.4 Å². The van der Waals surface area contributed by atoms with Gasteiger partial charge < -0.3 is 9.73 Å². The molecular formula is C16H23N3O3S. The first kappa shape index (κ1) is 17.3. The van der Waals surface area contributed by atoms with E-state index in [-0.39, 0.29) is 11.5 Å². The lowest BCUT2D eigenvalue weighted by molar-refractivity contribution is 0.374. The van der Waals surface area contributed by atoms with Gasteiger partial charge in [0, 0.05) is 11.1 Å². The molecule has 2 rings (SSSR count). The van der Waals surface area contributed by atoms with E-state index in [1.807, 2.05) is 13.0 Å². The van der Waals surface area contributed by atoms with Crippen LogP contribution in [0.1, 0.15) is 45.4 Å². The smallest absolute Gasteiger partial charge is 0.229 e. The average Bonchev–Trinajstić information content (AvgIpc) is 2.86. The average molecular weight is 337 g/mol. The largest absolute Gasteiger partial charge is 0.443 e. The fourth-order valence-corrected chi connectivity index (χ4v) is 2.59. The third-order valence-corrected chi connectivity index (χ3v) is 3.79. The number of hydrogen-bond acceptors (Lipinski definition) is 5. The molecule has 1 aromatic heterocycles. The van der Waals surface area contributed by atoms with Crippen LogP contribution in [-0.4, -0.2) is 19.7 Å². The van der Waals surface area contributed by atoms with Crippen LogP contribution in [0.4, 0.5) is 11.4 Å². The Morgan fingerprint density at radius 3 is 2.43 bits per heavy atom.